The Morgan fingerprint density at radius 1 is 1.56 bits per heavy atom. The quantitative estimate of drug-likeness (QED) is 0.723. The van der Waals surface area contributed by atoms with Crippen molar-refractivity contribution in [2.24, 2.45) is 0 Å². The molecule has 2 rings (SSSR count). The van der Waals surface area contributed by atoms with E-state index in [4.69, 9.17) is 4.74 Å². The molecule has 0 bridgehead atoms. The van der Waals surface area contributed by atoms with Crippen LogP contribution in [0, 0.1) is 0 Å². The Hall–Kier alpha value is -1.81. The van der Waals surface area contributed by atoms with Crippen LogP contribution in [0.1, 0.15) is 15.9 Å². The van der Waals surface area contributed by atoms with Crippen LogP contribution < -0.4 is 4.74 Å². The van der Waals surface area contributed by atoms with E-state index in [0.717, 1.165) is 5.56 Å². The maximum Gasteiger partial charge on any atom is 0.337 e. The molecule has 0 spiro atoms. The number of aliphatic hydroxyl groups is 1. The number of hydrogen-bond donors (Lipinski definition) is 1. The third-order valence-corrected chi connectivity index (χ3v) is 2.34. The summed E-state index contributed by atoms with van der Waals surface area (Å²) in [5, 5.41) is 9.38. The number of fused-ring (bicyclic) bond motifs is 1. The minimum absolute atomic E-state index is 0.223. The lowest BCUT2D eigenvalue weighted by molar-refractivity contribution is 0.0600. The van der Waals surface area contributed by atoms with Crippen molar-refractivity contribution in [1.82, 2.24) is 0 Å². The molecule has 16 heavy (non-hydrogen) atoms. The lowest BCUT2D eigenvalue weighted by Gasteiger charge is -2.08. The minimum Gasteiger partial charge on any atom is -0.490 e. The molecular formula is C12H12O4. The zero-order chi connectivity index (χ0) is 11.5. The third-order valence-electron chi connectivity index (χ3n) is 2.34. The van der Waals surface area contributed by atoms with Crippen molar-refractivity contribution in [3.8, 4) is 5.75 Å². The van der Waals surface area contributed by atoms with Crippen LogP contribution in [0.2, 0.25) is 0 Å². The van der Waals surface area contributed by atoms with E-state index in [1.165, 1.54) is 7.11 Å². The molecule has 1 aromatic carbocycles. The molecule has 84 valence electrons. The normalized spacial score (nSPS) is 18.2. The van der Waals surface area contributed by atoms with Crippen molar-refractivity contribution in [3.63, 3.8) is 0 Å². The van der Waals surface area contributed by atoms with Gasteiger partial charge in [0.1, 0.15) is 18.5 Å². The van der Waals surface area contributed by atoms with Crippen LogP contribution in [-0.4, -0.2) is 30.9 Å². The molecule has 1 aromatic rings. The van der Waals surface area contributed by atoms with Gasteiger partial charge in [-0.05, 0) is 18.2 Å². The molecule has 0 saturated heterocycles. The van der Waals surface area contributed by atoms with Gasteiger partial charge in [-0.3, -0.25) is 0 Å². The summed E-state index contributed by atoms with van der Waals surface area (Å²) >= 11 is 0. The van der Waals surface area contributed by atoms with Crippen LogP contribution >= 0.6 is 0 Å². The van der Waals surface area contributed by atoms with Crippen molar-refractivity contribution in [3.05, 3.63) is 35.4 Å². The molecule has 0 fully saturated rings. The fraction of sp³-hybridized carbons (Fsp3) is 0.250. The van der Waals surface area contributed by atoms with Crippen molar-refractivity contribution in [1.29, 1.82) is 0 Å². The van der Waals surface area contributed by atoms with Crippen molar-refractivity contribution in [2.75, 3.05) is 13.7 Å². The molecule has 0 aromatic heterocycles. The van der Waals surface area contributed by atoms with Gasteiger partial charge in [-0.25, -0.2) is 4.79 Å². The molecule has 0 radical (unpaired) electrons. The molecule has 1 unspecified atom stereocenters. The first-order chi connectivity index (χ1) is 7.70. The lowest BCUT2D eigenvalue weighted by Crippen LogP contribution is -2.13. The fourth-order valence-corrected chi connectivity index (χ4v) is 1.50. The van der Waals surface area contributed by atoms with Gasteiger partial charge in [-0.2, -0.15) is 0 Å². The topological polar surface area (TPSA) is 55.8 Å². The molecular weight excluding hydrogens is 208 g/mol. The zero-order valence-electron chi connectivity index (χ0n) is 8.84. The van der Waals surface area contributed by atoms with Gasteiger partial charge in [-0.1, -0.05) is 12.2 Å². The van der Waals surface area contributed by atoms with E-state index in [2.05, 4.69) is 4.74 Å². The van der Waals surface area contributed by atoms with E-state index in [0.29, 0.717) is 11.3 Å². The Morgan fingerprint density at radius 3 is 3.12 bits per heavy atom. The Bertz CT molecular complexity index is 437. The summed E-state index contributed by atoms with van der Waals surface area (Å²) in [5.41, 5.74) is 1.23. The molecule has 4 heteroatoms. The zero-order valence-corrected chi connectivity index (χ0v) is 8.84. The number of ether oxygens (including phenoxy) is 2. The molecule has 1 aliphatic heterocycles. The molecule has 0 saturated carbocycles. The fourth-order valence-electron chi connectivity index (χ4n) is 1.50. The Morgan fingerprint density at radius 2 is 2.38 bits per heavy atom. The maximum atomic E-state index is 11.3. The Labute approximate surface area is 93.1 Å². The summed E-state index contributed by atoms with van der Waals surface area (Å²) in [4.78, 5) is 11.3. The van der Waals surface area contributed by atoms with Gasteiger partial charge < -0.3 is 14.6 Å². The Balaban J connectivity index is 2.37. The van der Waals surface area contributed by atoms with Crippen LogP contribution in [0.15, 0.2) is 24.3 Å². The van der Waals surface area contributed by atoms with Crippen LogP contribution in [-0.2, 0) is 4.74 Å². The molecule has 1 aliphatic rings. The number of aliphatic hydroxyl groups excluding tert-OH is 1. The van der Waals surface area contributed by atoms with Gasteiger partial charge in [0.2, 0.25) is 0 Å². The van der Waals surface area contributed by atoms with E-state index in [1.54, 1.807) is 30.4 Å². The van der Waals surface area contributed by atoms with Crippen LogP contribution in [0.4, 0.5) is 0 Å². The van der Waals surface area contributed by atoms with Gasteiger partial charge in [-0.15, -0.1) is 0 Å². The van der Waals surface area contributed by atoms with Gasteiger partial charge in [0, 0.05) is 5.56 Å². The number of rotatable bonds is 1. The Kier molecular flexibility index (Phi) is 2.92. The summed E-state index contributed by atoms with van der Waals surface area (Å²) in [6, 6.07) is 5.01. The number of methoxy groups -OCH3 is 1. The molecule has 1 heterocycles. The van der Waals surface area contributed by atoms with Gasteiger partial charge in [0.15, 0.2) is 0 Å². The van der Waals surface area contributed by atoms with Gasteiger partial charge in [0.25, 0.3) is 0 Å². The second-order valence-corrected chi connectivity index (χ2v) is 3.48. The summed E-state index contributed by atoms with van der Waals surface area (Å²) in [5.74, 6) is 0.265. The van der Waals surface area contributed by atoms with Crippen LogP contribution in [0.3, 0.4) is 0 Å². The van der Waals surface area contributed by atoms with Crippen LogP contribution in [0.5, 0.6) is 5.75 Å². The standard InChI is InChI=1S/C12H12O4/c1-15-12(14)9-3-5-11-8(6-9)2-4-10(13)7-16-11/h2-6,10,13H,7H2,1H3. The number of hydrogen-bond acceptors (Lipinski definition) is 4. The molecule has 1 atom stereocenters. The lowest BCUT2D eigenvalue weighted by atomic mass is 10.1. The second kappa shape index (κ2) is 4.37. The van der Waals surface area contributed by atoms with E-state index >= 15 is 0 Å². The minimum atomic E-state index is -0.617. The average molecular weight is 220 g/mol. The highest BCUT2D eigenvalue weighted by Crippen LogP contribution is 2.24. The van der Waals surface area contributed by atoms with Crippen molar-refractivity contribution in [2.45, 2.75) is 6.10 Å². The molecule has 1 N–H and O–H groups in total. The maximum absolute atomic E-state index is 11.3. The smallest absolute Gasteiger partial charge is 0.337 e. The molecule has 4 nitrogen and oxygen atoms in total. The van der Waals surface area contributed by atoms with Crippen molar-refractivity contribution < 1.29 is 19.4 Å². The highest BCUT2D eigenvalue weighted by atomic mass is 16.5. The van der Waals surface area contributed by atoms with E-state index in [-0.39, 0.29) is 12.6 Å². The van der Waals surface area contributed by atoms with Crippen LogP contribution in [0.25, 0.3) is 6.08 Å². The van der Waals surface area contributed by atoms with Gasteiger partial charge in [0.05, 0.1) is 12.7 Å². The highest BCUT2D eigenvalue weighted by molar-refractivity contribution is 5.90. The first-order valence-corrected chi connectivity index (χ1v) is 4.92. The number of benzene rings is 1. The predicted molar refractivity (Wildman–Crippen MR) is 58.3 cm³/mol. The van der Waals surface area contributed by atoms with Crippen molar-refractivity contribution >= 4 is 12.0 Å². The monoisotopic (exact) mass is 220 g/mol. The third kappa shape index (κ3) is 2.06. The highest BCUT2D eigenvalue weighted by Gasteiger charge is 2.13. The second-order valence-electron chi connectivity index (χ2n) is 3.48. The number of carbonyl (C=O) groups is 1. The van der Waals surface area contributed by atoms with E-state index < -0.39 is 6.10 Å². The average Bonchev–Trinajstić information content (AvgIpc) is 2.50. The predicted octanol–water partition coefficient (Wildman–Crippen LogP) is 1.24. The molecule has 0 aliphatic carbocycles. The summed E-state index contributed by atoms with van der Waals surface area (Å²) in [7, 11) is 1.34. The first kappa shape index (κ1) is 10.7. The largest absolute Gasteiger partial charge is 0.490 e. The summed E-state index contributed by atoms with van der Waals surface area (Å²) in [6.45, 7) is 0.223. The SMILES string of the molecule is COC(=O)c1ccc2c(c1)C=CC(O)CO2. The first-order valence-electron chi connectivity index (χ1n) is 4.92. The molecule has 0 amide bonds. The summed E-state index contributed by atoms with van der Waals surface area (Å²) < 4.78 is 9.99. The van der Waals surface area contributed by atoms with Gasteiger partial charge >= 0.3 is 5.97 Å². The number of esters is 1. The van der Waals surface area contributed by atoms with E-state index in [1.807, 2.05) is 0 Å². The summed E-state index contributed by atoms with van der Waals surface area (Å²) in [6.07, 6.45) is 2.75. The number of carbonyl (C=O) groups excluding carboxylic acids is 1. The van der Waals surface area contributed by atoms with E-state index in [9.17, 15) is 9.90 Å².